The highest BCUT2D eigenvalue weighted by Gasteiger charge is 2.31. The topological polar surface area (TPSA) is 97.1 Å². The average Bonchev–Trinajstić information content (AvgIpc) is 2.97. The fraction of sp³-hybridized carbons (Fsp3) is 0.611. The van der Waals surface area contributed by atoms with E-state index in [1.807, 2.05) is 20.8 Å². The molecule has 4 N–H and O–H groups in total. The quantitative estimate of drug-likeness (QED) is 0.444. The van der Waals surface area contributed by atoms with Gasteiger partial charge in [0.05, 0.1) is 10.5 Å². The van der Waals surface area contributed by atoms with Gasteiger partial charge in [-0.3, -0.25) is 14.9 Å². The summed E-state index contributed by atoms with van der Waals surface area (Å²) in [4.78, 5) is 29.5. The van der Waals surface area contributed by atoms with Crippen molar-refractivity contribution in [3.8, 4) is 0 Å². The molecule has 6 nitrogen and oxygen atoms in total. The number of nitrogens with zero attached hydrogens (tertiary/aromatic N) is 1. The van der Waals surface area contributed by atoms with Crippen LogP contribution in [0.25, 0.3) is 0 Å². The van der Waals surface area contributed by atoms with Crippen molar-refractivity contribution in [3.05, 3.63) is 27.9 Å². The molecule has 0 spiro atoms. The van der Waals surface area contributed by atoms with Crippen LogP contribution in [0.5, 0.6) is 0 Å². The second kappa shape index (κ2) is 9.04. The van der Waals surface area contributed by atoms with Crippen LogP contribution in [-0.2, 0) is 15.0 Å². The van der Waals surface area contributed by atoms with Crippen molar-refractivity contribution in [2.24, 2.45) is 5.73 Å². The number of amides is 2. The number of nitrogens with two attached hydrogens (primary N) is 1. The summed E-state index contributed by atoms with van der Waals surface area (Å²) in [5, 5.41) is 5.80. The number of hydrogen-bond donors (Lipinski definition) is 3. The fourth-order valence-electron chi connectivity index (χ4n) is 2.19. The number of rotatable bonds is 8. The summed E-state index contributed by atoms with van der Waals surface area (Å²) in [7, 11) is 0. The van der Waals surface area contributed by atoms with E-state index in [2.05, 4.69) is 15.6 Å². The molecule has 0 aromatic carbocycles. The fourth-order valence-corrected chi connectivity index (χ4v) is 3.09. The zero-order valence-electron chi connectivity index (χ0n) is 16.7. The van der Waals surface area contributed by atoms with Crippen LogP contribution in [0.15, 0.2) is 18.0 Å². The van der Waals surface area contributed by atoms with Crippen LogP contribution >= 0.6 is 11.3 Å². The first kappa shape index (κ1) is 24.1. The van der Waals surface area contributed by atoms with E-state index in [0.29, 0.717) is 0 Å². The lowest BCUT2D eigenvalue weighted by atomic mass is 9.88. The summed E-state index contributed by atoms with van der Waals surface area (Å²) >= 11 is 1.46. The summed E-state index contributed by atoms with van der Waals surface area (Å²) in [6.45, 7) is 8.50. The molecule has 1 heterocycles. The van der Waals surface area contributed by atoms with Gasteiger partial charge in [0.25, 0.3) is 5.91 Å². The molecule has 158 valence electrons. The van der Waals surface area contributed by atoms with Crippen LogP contribution in [-0.4, -0.2) is 35.1 Å². The normalized spacial score (nSPS) is 13.5. The van der Waals surface area contributed by atoms with Gasteiger partial charge in [0.15, 0.2) is 0 Å². The zero-order chi connectivity index (χ0) is 21.8. The lowest BCUT2D eigenvalue weighted by Crippen LogP contribution is -2.54. The number of aromatic nitrogens is 1. The molecule has 0 aliphatic rings. The maximum absolute atomic E-state index is 12.3. The molecule has 0 saturated carbocycles. The van der Waals surface area contributed by atoms with Crippen molar-refractivity contribution in [2.45, 2.75) is 64.6 Å². The Labute approximate surface area is 166 Å². The third kappa shape index (κ3) is 7.23. The van der Waals surface area contributed by atoms with Crippen molar-refractivity contribution in [2.75, 3.05) is 6.54 Å². The van der Waals surface area contributed by atoms with Crippen molar-refractivity contribution in [1.29, 1.82) is 0 Å². The van der Waals surface area contributed by atoms with Crippen LogP contribution in [0.4, 0.5) is 13.2 Å². The molecule has 1 aromatic heterocycles. The third-order valence-electron chi connectivity index (χ3n) is 4.25. The lowest BCUT2D eigenvalue weighted by molar-refractivity contribution is -0.135. The molecular formula is C18H27F3N4O2S. The summed E-state index contributed by atoms with van der Waals surface area (Å²) in [6, 6.07) is 0. The van der Waals surface area contributed by atoms with E-state index in [1.54, 1.807) is 6.20 Å². The number of imide groups is 1. The van der Waals surface area contributed by atoms with Gasteiger partial charge in [-0.25, -0.2) is 4.98 Å². The van der Waals surface area contributed by atoms with Crippen LogP contribution < -0.4 is 16.4 Å². The van der Waals surface area contributed by atoms with Crippen molar-refractivity contribution < 1.29 is 22.8 Å². The van der Waals surface area contributed by atoms with Gasteiger partial charge >= 0.3 is 6.18 Å². The Hall–Kier alpha value is -1.94. The zero-order valence-corrected chi connectivity index (χ0v) is 17.5. The van der Waals surface area contributed by atoms with Crippen molar-refractivity contribution in [1.82, 2.24) is 15.6 Å². The number of thiazole rings is 1. The van der Waals surface area contributed by atoms with E-state index in [-0.39, 0.29) is 18.7 Å². The Morgan fingerprint density at radius 2 is 1.86 bits per heavy atom. The van der Waals surface area contributed by atoms with Gasteiger partial charge in [0.1, 0.15) is 0 Å². The second-order valence-electron chi connectivity index (χ2n) is 7.56. The standard InChI is InChI=1S/C18H27F3N4O2S/c1-11-23-10-13(28-11)16(2,3)12(22)9-14(26)25-15(27)17(4,5)24-8-6-7-18(19,20)21/h9-10,24H,6-8,22H2,1-5H3,(H,25,26,27). The maximum atomic E-state index is 12.3. The van der Waals surface area contributed by atoms with Gasteiger partial charge in [0, 0.05) is 34.7 Å². The first-order valence-electron chi connectivity index (χ1n) is 8.73. The van der Waals surface area contributed by atoms with Gasteiger partial charge in [-0.2, -0.15) is 13.2 Å². The molecule has 0 aliphatic carbocycles. The summed E-state index contributed by atoms with van der Waals surface area (Å²) in [5.74, 6) is -1.35. The molecule has 28 heavy (non-hydrogen) atoms. The first-order chi connectivity index (χ1) is 12.6. The number of carbonyl (C=O) groups excluding carboxylic acids is 2. The Balaban J connectivity index is 2.67. The van der Waals surface area contributed by atoms with E-state index in [4.69, 9.17) is 5.73 Å². The molecule has 0 unspecified atom stereocenters. The van der Waals surface area contributed by atoms with Crippen LogP contribution in [0, 0.1) is 6.92 Å². The van der Waals surface area contributed by atoms with Gasteiger partial charge in [-0.1, -0.05) is 0 Å². The van der Waals surface area contributed by atoms with Gasteiger partial charge in [0.2, 0.25) is 5.91 Å². The van der Waals surface area contributed by atoms with Crippen molar-refractivity contribution >= 4 is 23.2 Å². The number of alkyl halides is 3. The molecular weight excluding hydrogens is 393 g/mol. The number of nitrogens with one attached hydrogen (secondary N) is 2. The number of allylic oxidation sites excluding steroid dienone is 1. The molecule has 10 heteroatoms. The minimum Gasteiger partial charge on any atom is -0.401 e. The molecule has 0 atom stereocenters. The summed E-state index contributed by atoms with van der Waals surface area (Å²) in [5.41, 5.74) is 4.47. The maximum Gasteiger partial charge on any atom is 0.389 e. The molecule has 2 amide bonds. The number of carbonyl (C=O) groups is 2. The highest BCUT2D eigenvalue weighted by molar-refractivity contribution is 7.11. The minimum atomic E-state index is -4.24. The molecule has 1 rings (SSSR count). The van der Waals surface area contributed by atoms with E-state index in [1.165, 1.54) is 25.2 Å². The van der Waals surface area contributed by atoms with Gasteiger partial charge in [-0.15, -0.1) is 11.3 Å². The van der Waals surface area contributed by atoms with E-state index in [9.17, 15) is 22.8 Å². The minimum absolute atomic E-state index is 0.0101. The Morgan fingerprint density at radius 3 is 2.36 bits per heavy atom. The third-order valence-corrected chi connectivity index (χ3v) is 5.49. The average molecular weight is 421 g/mol. The van der Waals surface area contributed by atoms with Crippen molar-refractivity contribution in [3.63, 3.8) is 0 Å². The number of hydrogen-bond acceptors (Lipinski definition) is 6. The first-order valence-corrected chi connectivity index (χ1v) is 9.54. The second-order valence-corrected chi connectivity index (χ2v) is 8.79. The Kier molecular flexibility index (Phi) is 7.78. The van der Waals surface area contributed by atoms with Crippen LogP contribution in [0.2, 0.25) is 0 Å². The highest BCUT2D eigenvalue weighted by atomic mass is 32.1. The van der Waals surface area contributed by atoms with Gasteiger partial charge < -0.3 is 11.1 Å². The molecule has 0 aliphatic heterocycles. The monoisotopic (exact) mass is 420 g/mol. The summed E-state index contributed by atoms with van der Waals surface area (Å²) < 4.78 is 36.5. The molecule has 1 aromatic rings. The van der Waals surface area contributed by atoms with E-state index in [0.717, 1.165) is 16.0 Å². The number of halogens is 3. The Bertz CT molecular complexity index is 739. The Morgan fingerprint density at radius 1 is 1.25 bits per heavy atom. The summed E-state index contributed by atoms with van der Waals surface area (Å²) in [6.07, 6.45) is -2.51. The molecule has 0 saturated heterocycles. The molecule has 0 bridgehead atoms. The van der Waals surface area contributed by atoms with Crippen LogP contribution in [0.3, 0.4) is 0 Å². The van der Waals surface area contributed by atoms with Gasteiger partial charge in [-0.05, 0) is 47.6 Å². The number of aryl methyl sites for hydroxylation is 1. The lowest BCUT2D eigenvalue weighted by Gasteiger charge is -2.25. The van der Waals surface area contributed by atoms with Crippen LogP contribution in [0.1, 0.15) is 50.4 Å². The SMILES string of the molecule is Cc1ncc(C(C)(C)C(N)=CC(=O)NC(=O)C(C)(C)NCCCC(F)(F)F)s1. The predicted octanol–water partition coefficient (Wildman–Crippen LogP) is 2.93. The largest absolute Gasteiger partial charge is 0.401 e. The smallest absolute Gasteiger partial charge is 0.389 e. The predicted molar refractivity (Wildman–Crippen MR) is 103 cm³/mol. The van der Waals surface area contributed by atoms with E-state index < -0.39 is 35.4 Å². The van der Waals surface area contributed by atoms with E-state index >= 15 is 0 Å². The highest BCUT2D eigenvalue weighted by Crippen LogP contribution is 2.32. The molecule has 0 fully saturated rings. The molecule has 0 radical (unpaired) electrons.